The number of nitrogens with zero attached hydrogens (tertiary/aromatic N) is 1. The molecule has 0 aliphatic heterocycles. The van der Waals surface area contributed by atoms with E-state index in [1.165, 1.54) is 6.08 Å². The van der Waals surface area contributed by atoms with Crippen LogP contribution in [0.5, 0.6) is 5.75 Å². The van der Waals surface area contributed by atoms with Crippen molar-refractivity contribution in [1.29, 1.82) is 0 Å². The Labute approximate surface area is 120 Å². The van der Waals surface area contributed by atoms with Crippen molar-refractivity contribution < 1.29 is 14.5 Å². The standard InChI is InChI=1S/C11H9Br2NO4/c1-2-10(15)18-11-7(3-4-14(16)17)5-8(12)6-9(11)13/h3-6H,2H2,1H3. The summed E-state index contributed by atoms with van der Waals surface area (Å²) in [5.74, 6) is -0.142. The van der Waals surface area contributed by atoms with E-state index in [1.807, 2.05) is 0 Å². The van der Waals surface area contributed by atoms with Crippen LogP contribution in [0.3, 0.4) is 0 Å². The summed E-state index contributed by atoms with van der Waals surface area (Å²) in [4.78, 5) is 21.0. The topological polar surface area (TPSA) is 69.4 Å². The predicted molar refractivity (Wildman–Crippen MR) is 73.8 cm³/mol. The Bertz CT molecular complexity index is 514. The third-order valence-corrected chi connectivity index (χ3v) is 2.96. The quantitative estimate of drug-likeness (QED) is 0.346. The van der Waals surface area contributed by atoms with E-state index in [0.29, 0.717) is 14.5 Å². The Morgan fingerprint density at radius 3 is 2.72 bits per heavy atom. The number of rotatable bonds is 4. The van der Waals surface area contributed by atoms with Crippen molar-refractivity contribution in [3.05, 3.63) is 43.0 Å². The zero-order chi connectivity index (χ0) is 13.7. The van der Waals surface area contributed by atoms with Gasteiger partial charge in [-0.3, -0.25) is 14.9 Å². The number of nitro groups is 1. The fraction of sp³-hybridized carbons (Fsp3) is 0.182. The molecule has 0 saturated heterocycles. The average molecular weight is 379 g/mol. The number of carbonyl (C=O) groups excluding carboxylic acids is 1. The van der Waals surface area contributed by atoms with E-state index >= 15 is 0 Å². The maximum absolute atomic E-state index is 11.3. The minimum absolute atomic E-state index is 0.223. The second-order valence-corrected chi connectivity index (χ2v) is 5.00. The highest BCUT2D eigenvalue weighted by Gasteiger charge is 2.12. The predicted octanol–water partition coefficient (Wildman–Crippen LogP) is 3.77. The van der Waals surface area contributed by atoms with Crippen molar-refractivity contribution in [3.8, 4) is 5.75 Å². The van der Waals surface area contributed by atoms with Crippen LogP contribution in [0.2, 0.25) is 0 Å². The van der Waals surface area contributed by atoms with E-state index in [0.717, 1.165) is 6.20 Å². The molecule has 0 bridgehead atoms. The zero-order valence-electron chi connectivity index (χ0n) is 9.35. The van der Waals surface area contributed by atoms with Crippen molar-refractivity contribution in [2.45, 2.75) is 13.3 Å². The number of carbonyl (C=O) groups is 1. The average Bonchev–Trinajstić information content (AvgIpc) is 2.29. The highest BCUT2D eigenvalue weighted by molar-refractivity contribution is 9.11. The van der Waals surface area contributed by atoms with Gasteiger partial charge >= 0.3 is 5.97 Å². The second kappa shape index (κ2) is 6.65. The van der Waals surface area contributed by atoms with Gasteiger partial charge in [-0.15, -0.1) is 0 Å². The second-order valence-electron chi connectivity index (χ2n) is 3.23. The summed E-state index contributed by atoms with van der Waals surface area (Å²) in [5, 5.41) is 10.3. The highest BCUT2D eigenvalue weighted by atomic mass is 79.9. The molecule has 0 spiro atoms. The summed E-state index contributed by atoms with van der Waals surface area (Å²) in [6.07, 6.45) is 2.28. The molecule has 0 saturated carbocycles. The molecular weight excluding hydrogens is 370 g/mol. The first-order valence-electron chi connectivity index (χ1n) is 4.95. The number of halogens is 2. The Hall–Kier alpha value is -1.21. The van der Waals surface area contributed by atoms with Crippen LogP contribution in [0, 0.1) is 10.1 Å². The van der Waals surface area contributed by atoms with Gasteiger partial charge in [-0.05, 0) is 28.1 Å². The molecule has 1 rings (SSSR count). The maximum atomic E-state index is 11.3. The Balaban J connectivity index is 3.20. The first-order chi connectivity index (χ1) is 8.43. The number of esters is 1. The first kappa shape index (κ1) is 14.8. The van der Waals surface area contributed by atoms with Gasteiger partial charge < -0.3 is 4.74 Å². The molecule has 1 aromatic rings. The monoisotopic (exact) mass is 377 g/mol. The van der Waals surface area contributed by atoms with E-state index in [1.54, 1.807) is 19.1 Å². The van der Waals surface area contributed by atoms with Crippen molar-refractivity contribution in [3.63, 3.8) is 0 Å². The third-order valence-electron chi connectivity index (χ3n) is 1.92. The van der Waals surface area contributed by atoms with Crippen LogP contribution in [-0.2, 0) is 4.79 Å². The summed E-state index contributed by atoms with van der Waals surface area (Å²) >= 11 is 6.51. The fourth-order valence-corrected chi connectivity index (χ4v) is 2.48. The summed E-state index contributed by atoms with van der Waals surface area (Å²) < 4.78 is 6.39. The molecule has 1 aromatic carbocycles. The fourth-order valence-electron chi connectivity index (χ4n) is 1.14. The Kier molecular flexibility index (Phi) is 5.49. The van der Waals surface area contributed by atoms with Crippen LogP contribution in [0.15, 0.2) is 27.3 Å². The summed E-state index contributed by atoms with van der Waals surface area (Å²) in [6.45, 7) is 1.67. The van der Waals surface area contributed by atoms with E-state index in [4.69, 9.17) is 4.74 Å². The van der Waals surface area contributed by atoms with Crippen LogP contribution in [0.25, 0.3) is 6.08 Å². The molecule has 0 aromatic heterocycles. The van der Waals surface area contributed by atoms with E-state index in [9.17, 15) is 14.9 Å². The van der Waals surface area contributed by atoms with Crippen LogP contribution in [-0.4, -0.2) is 10.9 Å². The van der Waals surface area contributed by atoms with Crippen molar-refractivity contribution in [1.82, 2.24) is 0 Å². The van der Waals surface area contributed by atoms with Crippen LogP contribution in [0.4, 0.5) is 0 Å². The van der Waals surface area contributed by atoms with Crippen molar-refractivity contribution in [2.24, 2.45) is 0 Å². The molecule has 0 radical (unpaired) electrons. The van der Waals surface area contributed by atoms with Gasteiger partial charge in [0.1, 0.15) is 0 Å². The highest BCUT2D eigenvalue weighted by Crippen LogP contribution is 2.34. The van der Waals surface area contributed by atoms with Gasteiger partial charge in [0.25, 0.3) is 0 Å². The number of benzene rings is 1. The number of hydrogen-bond acceptors (Lipinski definition) is 4. The Morgan fingerprint density at radius 1 is 1.50 bits per heavy atom. The van der Waals surface area contributed by atoms with Crippen molar-refractivity contribution in [2.75, 3.05) is 0 Å². The third kappa shape index (κ3) is 4.23. The van der Waals surface area contributed by atoms with Crippen LogP contribution >= 0.6 is 31.9 Å². The van der Waals surface area contributed by atoms with E-state index in [-0.39, 0.29) is 12.2 Å². The van der Waals surface area contributed by atoms with Gasteiger partial charge in [0.15, 0.2) is 5.75 Å². The van der Waals surface area contributed by atoms with E-state index in [2.05, 4.69) is 31.9 Å². The number of ether oxygens (including phenoxy) is 1. The minimum atomic E-state index is -0.583. The molecule has 0 unspecified atom stereocenters. The SMILES string of the molecule is CCC(=O)Oc1c(Br)cc(Br)cc1C=C[N+](=O)[O-]. The lowest BCUT2D eigenvalue weighted by atomic mass is 10.2. The summed E-state index contributed by atoms with van der Waals surface area (Å²) in [5.41, 5.74) is 0.440. The molecule has 96 valence electrons. The van der Waals surface area contributed by atoms with E-state index < -0.39 is 10.9 Å². The molecule has 7 heteroatoms. The molecule has 5 nitrogen and oxygen atoms in total. The first-order valence-corrected chi connectivity index (χ1v) is 6.54. The molecule has 0 amide bonds. The smallest absolute Gasteiger partial charge is 0.310 e. The lowest BCUT2D eigenvalue weighted by molar-refractivity contribution is -0.400. The molecule has 0 aliphatic carbocycles. The largest absolute Gasteiger partial charge is 0.425 e. The lowest BCUT2D eigenvalue weighted by Gasteiger charge is -2.09. The summed E-state index contributed by atoms with van der Waals surface area (Å²) in [7, 11) is 0. The molecule has 0 aliphatic rings. The van der Waals surface area contributed by atoms with Crippen molar-refractivity contribution >= 4 is 43.9 Å². The Morgan fingerprint density at radius 2 is 2.17 bits per heavy atom. The van der Waals surface area contributed by atoms with Gasteiger partial charge in [-0.25, -0.2) is 0 Å². The van der Waals surface area contributed by atoms with Crippen LogP contribution in [0.1, 0.15) is 18.9 Å². The molecule has 0 atom stereocenters. The number of hydrogen-bond donors (Lipinski definition) is 0. The normalized spacial score (nSPS) is 10.6. The summed E-state index contributed by atoms with van der Waals surface area (Å²) in [6, 6.07) is 3.32. The lowest BCUT2D eigenvalue weighted by Crippen LogP contribution is -2.07. The molecule has 0 N–H and O–H groups in total. The van der Waals surface area contributed by atoms with Gasteiger partial charge in [0.05, 0.1) is 9.40 Å². The minimum Gasteiger partial charge on any atom is -0.425 e. The zero-order valence-corrected chi connectivity index (χ0v) is 12.5. The maximum Gasteiger partial charge on any atom is 0.310 e. The van der Waals surface area contributed by atoms with Gasteiger partial charge in [-0.1, -0.05) is 22.9 Å². The molecule has 0 fully saturated rings. The van der Waals surface area contributed by atoms with Gasteiger partial charge in [-0.2, -0.15) is 0 Å². The van der Waals surface area contributed by atoms with Gasteiger partial charge in [0, 0.05) is 22.5 Å². The molecule has 18 heavy (non-hydrogen) atoms. The van der Waals surface area contributed by atoms with Crippen LogP contribution < -0.4 is 4.74 Å². The molecular formula is C11H9Br2NO4. The van der Waals surface area contributed by atoms with Gasteiger partial charge in [0.2, 0.25) is 6.20 Å². The molecule has 0 heterocycles.